The lowest BCUT2D eigenvalue weighted by atomic mass is 9.95. The maximum atomic E-state index is 11.6. The summed E-state index contributed by atoms with van der Waals surface area (Å²) in [7, 11) is -3.00. The highest BCUT2D eigenvalue weighted by Gasteiger charge is 2.30. The van der Waals surface area contributed by atoms with Crippen LogP contribution < -0.4 is 5.32 Å². The molecule has 0 aromatic carbocycles. The molecule has 2 heterocycles. The lowest BCUT2D eigenvalue weighted by molar-refractivity contribution is 0.455. The van der Waals surface area contributed by atoms with E-state index in [0.29, 0.717) is 0 Å². The smallest absolute Gasteiger partial charge is 0.149 e. The third-order valence-corrected chi connectivity index (χ3v) is 4.67. The van der Waals surface area contributed by atoms with Gasteiger partial charge in [-0.05, 0) is 6.92 Å². The van der Waals surface area contributed by atoms with Crippen LogP contribution in [0, 0.1) is 0 Å². The molecule has 0 amide bonds. The van der Waals surface area contributed by atoms with Gasteiger partial charge >= 0.3 is 0 Å². The van der Waals surface area contributed by atoms with Crippen molar-refractivity contribution in [1.82, 2.24) is 14.9 Å². The summed E-state index contributed by atoms with van der Waals surface area (Å²) in [6, 6.07) is -0.0754. The van der Waals surface area contributed by atoms with E-state index in [-0.39, 0.29) is 17.2 Å². The monoisotopic (exact) mass is 299 g/mol. The van der Waals surface area contributed by atoms with Gasteiger partial charge in [-0.1, -0.05) is 20.8 Å². The van der Waals surface area contributed by atoms with Crippen LogP contribution in [0.1, 0.15) is 50.9 Å². The van der Waals surface area contributed by atoms with E-state index in [2.05, 4.69) is 30.7 Å². The van der Waals surface area contributed by atoms with E-state index in [1.807, 2.05) is 6.92 Å². The standard InChI is InChI=1S/C14H25N3O2S/c1-10(9-20(5,18)19)17-12-6-7-15-8-11(12)16-13(17)14(2,3)4/h10,15H,6-9H2,1-5H3. The zero-order valence-electron chi connectivity index (χ0n) is 13.0. The van der Waals surface area contributed by atoms with Crippen molar-refractivity contribution in [2.45, 2.75) is 52.1 Å². The van der Waals surface area contributed by atoms with E-state index in [9.17, 15) is 8.42 Å². The Hall–Kier alpha value is -0.880. The minimum atomic E-state index is -3.00. The third-order valence-electron chi connectivity index (χ3n) is 3.58. The molecule has 1 atom stereocenters. The normalized spacial score (nSPS) is 17.9. The molecule has 0 spiro atoms. The van der Waals surface area contributed by atoms with Crippen molar-refractivity contribution in [3.8, 4) is 0 Å². The predicted octanol–water partition coefficient (Wildman–Crippen LogP) is 1.43. The Balaban J connectivity index is 2.51. The SMILES string of the molecule is CC(CS(C)(=O)=O)n1c(C(C)(C)C)nc2c1CCNC2. The minimum Gasteiger partial charge on any atom is -0.327 e. The molecule has 1 aliphatic rings. The van der Waals surface area contributed by atoms with Crippen LogP contribution in [0.15, 0.2) is 0 Å². The summed E-state index contributed by atoms with van der Waals surface area (Å²) in [4.78, 5) is 4.78. The molecule has 6 heteroatoms. The fourth-order valence-electron chi connectivity index (χ4n) is 2.85. The fourth-order valence-corrected chi connectivity index (χ4v) is 3.87. The molecule has 0 saturated carbocycles. The molecule has 0 radical (unpaired) electrons. The lowest BCUT2D eigenvalue weighted by Gasteiger charge is -2.26. The number of nitrogens with one attached hydrogen (secondary N) is 1. The van der Waals surface area contributed by atoms with Crippen molar-refractivity contribution in [2.75, 3.05) is 18.6 Å². The summed E-state index contributed by atoms with van der Waals surface area (Å²) in [5.41, 5.74) is 2.18. The molecule has 1 aromatic rings. The molecular formula is C14H25N3O2S. The average molecular weight is 299 g/mol. The van der Waals surface area contributed by atoms with E-state index >= 15 is 0 Å². The molecule has 1 N–H and O–H groups in total. The van der Waals surface area contributed by atoms with Gasteiger partial charge in [0.1, 0.15) is 15.7 Å². The summed E-state index contributed by atoms with van der Waals surface area (Å²) in [5, 5.41) is 3.33. The molecule has 1 aliphatic heterocycles. The Kier molecular flexibility index (Phi) is 3.99. The van der Waals surface area contributed by atoms with Gasteiger partial charge in [0.05, 0.1) is 11.4 Å². The van der Waals surface area contributed by atoms with Gasteiger partial charge in [0, 0.05) is 42.9 Å². The van der Waals surface area contributed by atoms with Crippen LogP contribution in [0.4, 0.5) is 0 Å². The quantitative estimate of drug-likeness (QED) is 0.917. The largest absolute Gasteiger partial charge is 0.327 e. The van der Waals surface area contributed by atoms with Crippen molar-refractivity contribution in [3.05, 3.63) is 17.2 Å². The second kappa shape index (κ2) is 5.15. The number of hydrogen-bond donors (Lipinski definition) is 1. The number of sulfone groups is 1. The molecule has 1 aromatic heterocycles. The third kappa shape index (κ3) is 3.23. The Morgan fingerprint density at radius 3 is 2.60 bits per heavy atom. The van der Waals surface area contributed by atoms with Gasteiger partial charge in [-0.2, -0.15) is 0 Å². The lowest BCUT2D eigenvalue weighted by Crippen LogP contribution is -2.28. The number of hydrogen-bond acceptors (Lipinski definition) is 4. The van der Waals surface area contributed by atoms with Crippen LogP contribution in [0.3, 0.4) is 0 Å². The number of aromatic nitrogens is 2. The fraction of sp³-hybridized carbons (Fsp3) is 0.786. The molecule has 20 heavy (non-hydrogen) atoms. The van der Waals surface area contributed by atoms with E-state index in [4.69, 9.17) is 4.98 Å². The van der Waals surface area contributed by atoms with Crippen molar-refractivity contribution >= 4 is 9.84 Å². The van der Waals surface area contributed by atoms with Crippen molar-refractivity contribution < 1.29 is 8.42 Å². The van der Waals surface area contributed by atoms with Gasteiger partial charge in [0.2, 0.25) is 0 Å². The molecule has 0 bridgehead atoms. The van der Waals surface area contributed by atoms with E-state index < -0.39 is 9.84 Å². The van der Waals surface area contributed by atoms with Gasteiger partial charge in [-0.15, -0.1) is 0 Å². The van der Waals surface area contributed by atoms with Crippen LogP contribution in [-0.2, 0) is 28.2 Å². The van der Waals surface area contributed by atoms with Crippen molar-refractivity contribution in [1.29, 1.82) is 0 Å². The summed E-state index contributed by atoms with van der Waals surface area (Å²) >= 11 is 0. The van der Waals surface area contributed by atoms with Crippen LogP contribution in [0.25, 0.3) is 0 Å². The molecule has 5 nitrogen and oxygen atoms in total. The van der Waals surface area contributed by atoms with E-state index in [0.717, 1.165) is 31.0 Å². The Bertz CT molecular complexity index is 597. The summed E-state index contributed by atoms with van der Waals surface area (Å²) in [5.74, 6) is 1.15. The predicted molar refractivity (Wildman–Crippen MR) is 80.8 cm³/mol. The van der Waals surface area contributed by atoms with Crippen LogP contribution in [0.5, 0.6) is 0 Å². The summed E-state index contributed by atoms with van der Waals surface area (Å²) in [6.07, 6.45) is 2.21. The Labute approximate surface area is 121 Å². The van der Waals surface area contributed by atoms with Gasteiger partial charge in [0.25, 0.3) is 0 Å². The minimum absolute atomic E-state index is 0.0754. The van der Waals surface area contributed by atoms with Gasteiger partial charge in [-0.3, -0.25) is 0 Å². The number of imidazole rings is 1. The highest BCUT2D eigenvalue weighted by molar-refractivity contribution is 7.90. The van der Waals surface area contributed by atoms with Gasteiger partial charge < -0.3 is 9.88 Å². The van der Waals surface area contributed by atoms with Crippen molar-refractivity contribution in [2.24, 2.45) is 0 Å². The topological polar surface area (TPSA) is 64.0 Å². The van der Waals surface area contributed by atoms with Crippen LogP contribution in [-0.4, -0.2) is 36.5 Å². The van der Waals surface area contributed by atoms with Crippen LogP contribution >= 0.6 is 0 Å². The van der Waals surface area contributed by atoms with Crippen molar-refractivity contribution in [3.63, 3.8) is 0 Å². The second-order valence-electron chi connectivity index (χ2n) is 6.82. The Morgan fingerprint density at radius 1 is 1.40 bits per heavy atom. The number of fused-ring (bicyclic) bond motifs is 1. The highest BCUT2D eigenvalue weighted by Crippen LogP contribution is 2.29. The zero-order valence-corrected chi connectivity index (χ0v) is 13.8. The molecule has 0 aliphatic carbocycles. The highest BCUT2D eigenvalue weighted by atomic mass is 32.2. The summed E-state index contributed by atoms with van der Waals surface area (Å²) < 4.78 is 25.4. The first-order chi connectivity index (χ1) is 9.09. The number of rotatable bonds is 3. The zero-order chi connectivity index (χ0) is 15.1. The molecule has 1 unspecified atom stereocenters. The van der Waals surface area contributed by atoms with E-state index in [1.54, 1.807) is 0 Å². The first-order valence-corrected chi connectivity index (χ1v) is 9.14. The first kappa shape index (κ1) is 15.5. The second-order valence-corrected chi connectivity index (χ2v) is 9.00. The number of nitrogens with zero attached hydrogens (tertiary/aromatic N) is 2. The molecular weight excluding hydrogens is 274 g/mol. The Morgan fingerprint density at radius 2 is 2.05 bits per heavy atom. The first-order valence-electron chi connectivity index (χ1n) is 7.08. The molecule has 0 saturated heterocycles. The maximum absolute atomic E-state index is 11.6. The van der Waals surface area contributed by atoms with Crippen LogP contribution in [0.2, 0.25) is 0 Å². The average Bonchev–Trinajstić information content (AvgIpc) is 2.65. The van der Waals surface area contributed by atoms with Gasteiger partial charge in [-0.25, -0.2) is 13.4 Å². The maximum Gasteiger partial charge on any atom is 0.149 e. The molecule has 0 fully saturated rings. The molecule has 2 rings (SSSR count). The van der Waals surface area contributed by atoms with E-state index in [1.165, 1.54) is 11.9 Å². The summed E-state index contributed by atoms with van der Waals surface area (Å²) in [6.45, 7) is 10.0. The molecule has 114 valence electrons. The van der Waals surface area contributed by atoms with Gasteiger partial charge in [0.15, 0.2) is 0 Å².